The van der Waals surface area contributed by atoms with E-state index < -0.39 is 5.41 Å². The number of hydrogen-bond acceptors (Lipinski definition) is 5. The van der Waals surface area contributed by atoms with Gasteiger partial charge in [-0.05, 0) is 103 Å². The first-order chi connectivity index (χ1) is 23.2. The molecule has 0 saturated carbocycles. The van der Waals surface area contributed by atoms with Crippen molar-refractivity contribution in [3.63, 3.8) is 0 Å². The molecule has 0 aliphatic carbocycles. The molecule has 0 saturated heterocycles. The molecule has 4 aromatic rings. The van der Waals surface area contributed by atoms with Gasteiger partial charge in [0.1, 0.15) is 5.75 Å². The number of hydrogen-bond donors (Lipinski definition) is 2. The zero-order valence-electron chi connectivity index (χ0n) is 29.2. The second-order valence-electron chi connectivity index (χ2n) is 13.0. The van der Waals surface area contributed by atoms with E-state index in [0.29, 0.717) is 38.0 Å². The van der Waals surface area contributed by atoms with Crippen LogP contribution in [0.4, 0.5) is 0 Å². The van der Waals surface area contributed by atoms with Crippen LogP contribution in [0.25, 0.3) is 33.4 Å². The molecular weight excluding hydrogens is 596 g/mol. The quantitative estimate of drug-likeness (QED) is 0.0639. The number of carbonyl (C=O) groups is 1. The highest BCUT2D eigenvalue weighted by atomic mass is 16.5. The van der Waals surface area contributed by atoms with Crippen LogP contribution in [0, 0.1) is 12.3 Å². The summed E-state index contributed by atoms with van der Waals surface area (Å²) in [6.07, 6.45) is 5.46. The molecule has 0 amide bonds. The fourth-order valence-corrected chi connectivity index (χ4v) is 6.00. The summed E-state index contributed by atoms with van der Waals surface area (Å²) in [5.41, 5.74) is 10.5. The predicted molar refractivity (Wildman–Crippen MR) is 197 cm³/mol. The van der Waals surface area contributed by atoms with Crippen molar-refractivity contribution in [3.8, 4) is 39.1 Å². The van der Waals surface area contributed by atoms with Crippen LogP contribution < -0.4 is 4.74 Å². The number of aryl methyl sites for hydroxylation is 3. The number of aliphatic hydroxyl groups excluding tert-OH is 2. The Labute approximate surface area is 287 Å². The number of ether oxygens (including phenoxy) is 2. The zero-order chi connectivity index (χ0) is 34.5. The van der Waals surface area contributed by atoms with E-state index in [2.05, 4.69) is 106 Å². The Balaban J connectivity index is 1.56. The number of esters is 1. The smallest absolute Gasteiger partial charge is 0.333 e. The van der Waals surface area contributed by atoms with Crippen LogP contribution in [-0.4, -0.2) is 42.6 Å². The van der Waals surface area contributed by atoms with Gasteiger partial charge >= 0.3 is 5.97 Å². The average molecular weight is 649 g/mol. The normalized spacial score (nSPS) is 11.4. The van der Waals surface area contributed by atoms with E-state index in [1.807, 2.05) is 6.07 Å². The molecule has 0 fully saturated rings. The largest absolute Gasteiger partial charge is 0.493 e. The molecule has 4 aromatic carbocycles. The van der Waals surface area contributed by atoms with E-state index in [1.165, 1.54) is 38.9 Å². The summed E-state index contributed by atoms with van der Waals surface area (Å²) >= 11 is 0. The van der Waals surface area contributed by atoms with Gasteiger partial charge in [0.05, 0.1) is 26.4 Å². The molecule has 0 unspecified atom stereocenters. The first-order valence-corrected chi connectivity index (χ1v) is 17.3. The SMILES string of the molecule is C=C(C)C(=O)OCCCc1cc(-c2ccc(-c3ccc(-c4ccc(C)cc4)cc3)cc2CC)ccc1OCCC(CO)(CO)CCCC. The standard InChI is InChI=1S/C43H52O5/c1-6-8-23-43(29-44,30-45)24-26-47-41-22-20-38(28-39(41)10-9-25-48-42(46)31(3)4)40-21-19-37(27-33(40)7-2)36-17-15-35(16-18-36)34-13-11-32(5)12-14-34/h11-22,27-28,44-45H,3,6-10,23-26,29-30H2,1-2,4-5H3. The van der Waals surface area contributed by atoms with Crippen molar-refractivity contribution < 1.29 is 24.5 Å². The van der Waals surface area contributed by atoms with Crippen molar-refractivity contribution in [1.82, 2.24) is 0 Å². The summed E-state index contributed by atoms with van der Waals surface area (Å²) in [6, 6.07) is 30.4. The van der Waals surface area contributed by atoms with Crippen molar-refractivity contribution in [1.29, 1.82) is 0 Å². The Kier molecular flexibility index (Phi) is 13.6. The maximum atomic E-state index is 11.9. The molecule has 5 heteroatoms. The highest BCUT2D eigenvalue weighted by Gasteiger charge is 2.28. The summed E-state index contributed by atoms with van der Waals surface area (Å²) in [5.74, 6) is 0.391. The van der Waals surface area contributed by atoms with Gasteiger partial charge in [-0.25, -0.2) is 4.79 Å². The van der Waals surface area contributed by atoms with Crippen LogP contribution in [-0.2, 0) is 22.4 Å². The zero-order valence-corrected chi connectivity index (χ0v) is 29.2. The van der Waals surface area contributed by atoms with Gasteiger partial charge in [0.25, 0.3) is 0 Å². The lowest BCUT2D eigenvalue weighted by Crippen LogP contribution is -2.32. The lowest BCUT2D eigenvalue weighted by atomic mass is 9.81. The van der Waals surface area contributed by atoms with Crippen molar-refractivity contribution >= 4 is 5.97 Å². The van der Waals surface area contributed by atoms with E-state index in [0.717, 1.165) is 42.6 Å². The van der Waals surface area contributed by atoms with Gasteiger partial charge in [0.2, 0.25) is 0 Å². The van der Waals surface area contributed by atoms with Gasteiger partial charge in [-0.3, -0.25) is 0 Å². The molecule has 0 spiro atoms. The molecule has 0 aliphatic heterocycles. The minimum absolute atomic E-state index is 0.0700. The molecule has 0 aromatic heterocycles. The molecule has 4 rings (SSSR count). The highest BCUT2D eigenvalue weighted by Crippen LogP contribution is 2.35. The number of rotatable bonds is 18. The molecule has 0 atom stereocenters. The highest BCUT2D eigenvalue weighted by molar-refractivity contribution is 5.86. The second kappa shape index (κ2) is 17.8. The summed E-state index contributed by atoms with van der Waals surface area (Å²) < 4.78 is 11.7. The fraction of sp³-hybridized carbons (Fsp3) is 0.372. The van der Waals surface area contributed by atoms with E-state index in [-0.39, 0.29) is 19.2 Å². The van der Waals surface area contributed by atoms with E-state index in [4.69, 9.17) is 9.47 Å². The molecule has 0 heterocycles. The van der Waals surface area contributed by atoms with Crippen molar-refractivity contribution in [2.45, 2.75) is 72.6 Å². The third-order valence-electron chi connectivity index (χ3n) is 9.25. The number of aliphatic hydroxyl groups is 2. The Morgan fingerprint density at radius 2 is 1.31 bits per heavy atom. The fourth-order valence-electron chi connectivity index (χ4n) is 6.00. The second-order valence-corrected chi connectivity index (χ2v) is 13.0. The molecular formula is C43H52O5. The number of carbonyl (C=O) groups excluding carboxylic acids is 1. The third kappa shape index (κ3) is 9.68. The first-order valence-electron chi connectivity index (χ1n) is 17.3. The summed E-state index contributed by atoms with van der Waals surface area (Å²) in [4.78, 5) is 11.9. The molecule has 254 valence electrons. The molecule has 0 bridgehead atoms. The molecule has 2 N–H and O–H groups in total. The minimum atomic E-state index is -0.550. The Morgan fingerprint density at radius 3 is 1.92 bits per heavy atom. The topological polar surface area (TPSA) is 76.0 Å². The minimum Gasteiger partial charge on any atom is -0.493 e. The van der Waals surface area contributed by atoms with Crippen LogP contribution in [0.3, 0.4) is 0 Å². The van der Waals surface area contributed by atoms with Crippen LogP contribution in [0.15, 0.2) is 97.1 Å². The van der Waals surface area contributed by atoms with E-state index >= 15 is 0 Å². The Morgan fingerprint density at radius 1 is 0.729 bits per heavy atom. The Hall–Kier alpha value is -4.19. The molecule has 0 aliphatic rings. The Bertz CT molecular complexity index is 1630. The molecule has 0 radical (unpaired) electrons. The van der Waals surface area contributed by atoms with Crippen molar-refractivity contribution in [3.05, 3.63) is 114 Å². The number of benzene rings is 4. The summed E-state index contributed by atoms with van der Waals surface area (Å²) in [5, 5.41) is 20.2. The van der Waals surface area contributed by atoms with Gasteiger partial charge in [-0.15, -0.1) is 0 Å². The van der Waals surface area contributed by atoms with Gasteiger partial charge in [0, 0.05) is 11.0 Å². The number of unbranched alkanes of at least 4 members (excludes halogenated alkanes) is 1. The predicted octanol–water partition coefficient (Wildman–Crippen LogP) is 9.54. The van der Waals surface area contributed by atoms with Crippen LogP contribution in [0.1, 0.15) is 69.6 Å². The van der Waals surface area contributed by atoms with E-state index in [9.17, 15) is 15.0 Å². The maximum absolute atomic E-state index is 11.9. The van der Waals surface area contributed by atoms with Crippen LogP contribution >= 0.6 is 0 Å². The lowest BCUT2D eigenvalue weighted by molar-refractivity contribution is -0.139. The van der Waals surface area contributed by atoms with E-state index in [1.54, 1.807) is 6.92 Å². The summed E-state index contributed by atoms with van der Waals surface area (Å²) in [7, 11) is 0. The van der Waals surface area contributed by atoms with Crippen molar-refractivity contribution in [2.24, 2.45) is 5.41 Å². The average Bonchev–Trinajstić information content (AvgIpc) is 3.12. The lowest BCUT2D eigenvalue weighted by Gasteiger charge is -2.30. The van der Waals surface area contributed by atoms with Gasteiger partial charge in [-0.2, -0.15) is 0 Å². The van der Waals surface area contributed by atoms with Gasteiger partial charge < -0.3 is 19.7 Å². The molecule has 48 heavy (non-hydrogen) atoms. The van der Waals surface area contributed by atoms with Crippen LogP contribution in [0.2, 0.25) is 0 Å². The maximum Gasteiger partial charge on any atom is 0.333 e. The third-order valence-corrected chi connectivity index (χ3v) is 9.25. The summed E-state index contributed by atoms with van der Waals surface area (Å²) in [6.45, 7) is 12.3. The molecule has 5 nitrogen and oxygen atoms in total. The monoisotopic (exact) mass is 648 g/mol. The van der Waals surface area contributed by atoms with Crippen LogP contribution in [0.5, 0.6) is 5.75 Å². The van der Waals surface area contributed by atoms with Gasteiger partial charge in [-0.1, -0.05) is 112 Å². The first kappa shape index (κ1) is 36.6. The van der Waals surface area contributed by atoms with Crippen molar-refractivity contribution in [2.75, 3.05) is 26.4 Å². The van der Waals surface area contributed by atoms with Gasteiger partial charge in [0.15, 0.2) is 0 Å².